The van der Waals surface area contributed by atoms with E-state index in [-0.39, 0.29) is 5.97 Å². The Bertz CT molecular complexity index is 392. The predicted octanol–water partition coefficient (Wildman–Crippen LogP) is 3.29. The fourth-order valence-electron chi connectivity index (χ4n) is 1.66. The average Bonchev–Trinajstić information content (AvgIpc) is 2.27. The van der Waals surface area contributed by atoms with Crippen LogP contribution < -0.4 is 4.74 Å². The molecular weight excluding hydrogens is 240 g/mol. The molecule has 1 atom stereocenters. The topological polar surface area (TPSA) is 35.5 Å². The van der Waals surface area contributed by atoms with Crippen molar-refractivity contribution >= 4 is 17.6 Å². The minimum Gasteiger partial charge on any atom is -0.478 e. The Morgan fingerprint density at radius 1 is 1.35 bits per heavy atom. The average molecular weight is 257 g/mol. The summed E-state index contributed by atoms with van der Waals surface area (Å²) in [5.41, 5.74) is 1.83. The maximum absolute atomic E-state index is 11.5. The summed E-state index contributed by atoms with van der Waals surface area (Å²) in [7, 11) is 1.36. The standard InChI is InChI=1S/C13H17ClO3/c1-5-11(13(15)16-4)17-12-8(2)6-10(14)7-9(12)3/h6-7,11H,5H2,1-4H3/t11-/m0/s1. The highest BCUT2D eigenvalue weighted by molar-refractivity contribution is 6.30. The third-order valence-corrected chi connectivity index (χ3v) is 2.74. The number of rotatable bonds is 4. The minimum absolute atomic E-state index is 0.360. The largest absolute Gasteiger partial charge is 0.478 e. The van der Waals surface area contributed by atoms with E-state index < -0.39 is 6.10 Å². The molecular formula is C13H17ClO3. The summed E-state index contributed by atoms with van der Waals surface area (Å²) >= 11 is 5.94. The molecule has 0 bridgehead atoms. The quantitative estimate of drug-likeness (QED) is 0.776. The Kier molecular flexibility index (Phi) is 4.82. The maximum atomic E-state index is 11.5. The van der Waals surface area contributed by atoms with E-state index in [1.165, 1.54) is 7.11 Å². The molecule has 0 saturated heterocycles. The Morgan fingerprint density at radius 3 is 2.29 bits per heavy atom. The molecule has 17 heavy (non-hydrogen) atoms. The molecule has 0 aliphatic carbocycles. The number of benzene rings is 1. The van der Waals surface area contributed by atoms with Gasteiger partial charge in [0, 0.05) is 5.02 Å². The van der Waals surface area contributed by atoms with Gasteiger partial charge in [-0.3, -0.25) is 0 Å². The lowest BCUT2D eigenvalue weighted by atomic mass is 10.1. The molecule has 3 nitrogen and oxygen atoms in total. The van der Waals surface area contributed by atoms with Crippen LogP contribution in [0.25, 0.3) is 0 Å². The molecule has 0 saturated carbocycles. The van der Waals surface area contributed by atoms with Gasteiger partial charge in [0.15, 0.2) is 6.10 Å². The lowest BCUT2D eigenvalue weighted by Gasteiger charge is -2.18. The summed E-state index contributed by atoms with van der Waals surface area (Å²) in [6.07, 6.45) is -0.00709. The van der Waals surface area contributed by atoms with Gasteiger partial charge in [-0.2, -0.15) is 0 Å². The van der Waals surface area contributed by atoms with Crippen molar-refractivity contribution in [2.24, 2.45) is 0 Å². The molecule has 0 aliphatic heterocycles. The maximum Gasteiger partial charge on any atom is 0.347 e. The molecule has 0 aliphatic rings. The predicted molar refractivity (Wildman–Crippen MR) is 67.6 cm³/mol. The SMILES string of the molecule is CC[C@H](Oc1c(C)cc(Cl)cc1C)C(=O)OC. The lowest BCUT2D eigenvalue weighted by molar-refractivity contribution is -0.148. The highest BCUT2D eigenvalue weighted by Gasteiger charge is 2.20. The highest BCUT2D eigenvalue weighted by atomic mass is 35.5. The molecule has 0 radical (unpaired) electrons. The molecule has 94 valence electrons. The monoisotopic (exact) mass is 256 g/mol. The second-order valence-corrected chi connectivity index (χ2v) is 4.34. The van der Waals surface area contributed by atoms with Gasteiger partial charge in [0.05, 0.1) is 7.11 Å². The van der Waals surface area contributed by atoms with Crippen LogP contribution in [0.15, 0.2) is 12.1 Å². The van der Waals surface area contributed by atoms with Crippen LogP contribution in [0.2, 0.25) is 5.02 Å². The van der Waals surface area contributed by atoms with Crippen molar-refractivity contribution in [1.29, 1.82) is 0 Å². The molecule has 0 fully saturated rings. The molecule has 0 spiro atoms. The van der Waals surface area contributed by atoms with E-state index in [9.17, 15) is 4.79 Å². The summed E-state index contributed by atoms with van der Waals surface area (Å²) in [5, 5.41) is 0.665. The smallest absolute Gasteiger partial charge is 0.347 e. The van der Waals surface area contributed by atoms with Gasteiger partial charge in [0.1, 0.15) is 5.75 Å². The van der Waals surface area contributed by atoms with Crippen LogP contribution in [0.1, 0.15) is 24.5 Å². The first-order valence-electron chi connectivity index (χ1n) is 5.50. The van der Waals surface area contributed by atoms with Crippen LogP contribution in [-0.2, 0) is 9.53 Å². The van der Waals surface area contributed by atoms with Gasteiger partial charge in [-0.05, 0) is 43.5 Å². The number of hydrogen-bond acceptors (Lipinski definition) is 3. The second kappa shape index (κ2) is 5.92. The van der Waals surface area contributed by atoms with Crippen molar-refractivity contribution in [3.8, 4) is 5.75 Å². The second-order valence-electron chi connectivity index (χ2n) is 3.91. The summed E-state index contributed by atoms with van der Waals surface area (Å²) in [6.45, 7) is 5.68. The number of esters is 1. The van der Waals surface area contributed by atoms with E-state index in [4.69, 9.17) is 16.3 Å². The first-order valence-corrected chi connectivity index (χ1v) is 5.88. The van der Waals surface area contributed by atoms with Gasteiger partial charge in [-0.25, -0.2) is 4.79 Å². The van der Waals surface area contributed by atoms with Gasteiger partial charge in [-0.15, -0.1) is 0 Å². The minimum atomic E-state index is -0.571. The van der Waals surface area contributed by atoms with Crippen LogP contribution in [0.3, 0.4) is 0 Å². The van der Waals surface area contributed by atoms with Crippen molar-refractivity contribution in [3.05, 3.63) is 28.3 Å². The van der Waals surface area contributed by atoms with E-state index in [2.05, 4.69) is 4.74 Å². The first-order chi connectivity index (χ1) is 7.99. The van der Waals surface area contributed by atoms with Crippen LogP contribution in [-0.4, -0.2) is 19.2 Å². The van der Waals surface area contributed by atoms with Crippen molar-refractivity contribution in [2.45, 2.75) is 33.3 Å². The molecule has 1 aromatic rings. The van der Waals surface area contributed by atoms with E-state index in [0.29, 0.717) is 17.2 Å². The fourth-order valence-corrected chi connectivity index (χ4v) is 1.98. The third-order valence-electron chi connectivity index (χ3n) is 2.52. The number of aryl methyl sites for hydroxylation is 2. The summed E-state index contributed by atoms with van der Waals surface area (Å²) in [5.74, 6) is 0.341. The van der Waals surface area contributed by atoms with Crippen LogP contribution in [0, 0.1) is 13.8 Å². The van der Waals surface area contributed by atoms with Gasteiger partial charge in [0.25, 0.3) is 0 Å². The fraction of sp³-hybridized carbons (Fsp3) is 0.462. The number of carbonyl (C=O) groups excluding carboxylic acids is 1. The zero-order valence-corrected chi connectivity index (χ0v) is 11.3. The van der Waals surface area contributed by atoms with Crippen LogP contribution in [0.5, 0.6) is 5.75 Å². The van der Waals surface area contributed by atoms with Crippen LogP contribution >= 0.6 is 11.6 Å². The van der Waals surface area contributed by atoms with Gasteiger partial charge in [-0.1, -0.05) is 18.5 Å². The number of methoxy groups -OCH3 is 1. The molecule has 0 aromatic heterocycles. The Morgan fingerprint density at radius 2 is 1.88 bits per heavy atom. The zero-order valence-electron chi connectivity index (χ0n) is 10.5. The van der Waals surface area contributed by atoms with Crippen molar-refractivity contribution in [2.75, 3.05) is 7.11 Å². The zero-order chi connectivity index (χ0) is 13.0. The first kappa shape index (κ1) is 13.8. The molecule has 0 heterocycles. The van der Waals surface area contributed by atoms with Gasteiger partial charge >= 0.3 is 5.97 Å². The molecule has 1 rings (SSSR count). The summed E-state index contributed by atoms with van der Waals surface area (Å²) in [6, 6.07) is 3.63. The molecule has 0 amide bonds. The van der Waals surface area contributed by atoms with Crippen LogP contribution in [0.4, 0.5) is 0 Å². The van der Waals surface area contributed by atoms with E-state index >= 15 is 0 Å². The third kappa shape index (κ3) is 3.37. The van der Waals surface area contributed by atoms with Gasteiger partial charge in [0.2, 0.25) is 0 Å². The van der Waals surface area contributed by atoms with Gasteiger partial charge < -0.3 is 9.47 Å². The van der Waals surface area contributed by atoms with Crippen molar-refractivity contribution in [3.63, 3.8) is 0 Å². The molecule has 4 heteroatoms. The van der Waals surface area contributed by atoms with E-state index in [1.807, 2.05) is 32.9 Å². The summed E-state index contributed by atoms with van der Waals surface area (Å²) < 4.78 is 10.4. The molecule has 0 unspecified atom stereocenters. The number of ether oxygens (including phenoxy) is 2. The molecule has 1 aromatic carbocycles. The van der Waals surface area contributed by atoms with E-state index in [1.54, 1.807) is 0 Å². The molecule has 0 N–H and O–H groups in total. The Labute approximate surface area is 107 Å². The lowest BCUT2D eigenvalue weighted by Crippen LogP contribution is -2.28. The highest BCUT2D eigenvalue weighted by Crippen LogP contribution is 2.28. The Balaban J connectivity index is 2.98. The number of hydrogen-bond donors (Lipinski definition) is 0. The van der Waals surface area contributed by atoms with Crippen molar-refractivity contribution < 1.29 is 14.3 Å². The van der Waals surface area contributed by atoms with E-state index in [0.717, 1.165) is 11.1 Å². The summed E-state index contributed by atoms with van der Waals surface area (Å²) in [4.78, 5) is 11.5. The normalized spacial score (nSPS) is 12.1. The van der Waals surface area contributed by atoms with Crippen molar-refractivity contribution in [1.82, 2.24) is 0 Å². The Hall–Kier alpha value is -1.22. The number of halogens is 1. The number of carbonyl (C=O) groups is 1.